The van der Waals surface area contributed by atoms with Crippen molar-refractivity contribution in [3.63, 3.8) is 0 Å². The fourth-order valence-corrected chi connectivity index (χ4v) is 3.63. The van der Waals surface area contributed by atoms with E-state index in [4.69, 9.17) is 11.6 Å². The van der Waals surface area contributed by atoms with Gasteiger partial charge in [0.25, 0.3) is 0 Å². The van der Waals surface area contributed by atoms with E-state index in [-0.39, 0.29) is 28.3 Å². The SMILES string of the molecule is Cl.O=C(Cl)C1SC(c2cccnc2)n2cccc21. The van der Waals surface area contributed by atoms with Crippen LogP contribution < -0.4 is 0 Å². The van der Waals surface area contributed by atoms with Crippen LogP contribution in [0.4, 0.5) is 0 Å². The average Bonchev–Trinajstić information content (AvgIpc) is 2.90. The molecule has 0 amide bonds. The minimum atomic E-state index is -0.318. The van der Waals surface area contributed by atoms with E-state index in [2.05, 4.69) is 9.55 Å². The third-order valence-electron chi connectivity index (χ3n) is 2.77. The zero-order chi connectivity index (χ0) is 11.8. The third kappa shape index (κ3) is 2.16. The number of fused-ring (bicyclic) bond motifs is 1. The summed E-state index contributed by atoms with van der Waals surface area (Å²) in [5, 5.41) is -0.514. The molecule has 1 aliphatic rings. The van der Waals surface area contributed by atoms with E-state index in [9.17, 15) is 4.79 Å². The van der Waals surface area contributed by atoms with Gasteiger partial charge in [-0.2, -0.15) is 0 Å². The monoisotopic (exact) mass is 300 g/mol. The molecule has 2 aromatic heterocycles. The summed E-state index contributed by atoms with van der Waals surface area (Å²) in [6, 6.07) is 7.78. The van der Waals surface area contributed by atoms with Gasteiger partial charge >= 0.3 is 0 Å². The Morgan fingerprint density at radius 3 is 2.89 bits per heavy atom. The van der Waals surface area contributed by atoms with Crippen molar-refractivity contribution < 1.29 is 4.79 Å². The molecular weight excluding hydrogens is 291 g/mol. The molecule has 6 heteroatoms. The second-order valence-electron chi connectivity index (χ2n) is 3.80. The number of halogens is 2. The molecule has 94 valence electrons. The van der Waals surface area contributed by atoms with E-state index < -0.39 is 0 Å². The molecule has 0 spiro atoms. The molecule has 3 nitrogen and oxygen atoms in total. The number of rotatable bonds is 2. The second kappa shape index (κ2) is 5.34. The number of hydrogen-bond acceptors (Lipinski definition) is 3. The first-order chi connectivity index (χ1) is 8.27. The van der Waals surface area contributed by atoms with Gasteiger partial charge in [0.1, 0.15) is 10.6 Å². The first kappa shape index (κ1) is 13.5. The molecule has 0 N–H and O–H groups in total. The molecule has 0 aliphatic carbocycles. The fourth-order valence-electron chi connectivity index (χ4n) is 2.04. The van der Waals surface area contributed by atoms with E-state index in [0.29, 0.717) is 0 Å². The maximum atomic E-state index is 11.4. The highest BCUT2D eigenvalue weighted by atomic mass is 35.5. The number of nitrogens with zero attached hydrogens (tertiary/aromatic N) is 2. The van der Waals surface area contributed by atoms with E-state index in [0.717, 1.165) is 11.3 Å². The van der Waals surface area contributed by atoms with E-state index >= 15 is 0 Å². The largest absolute Gasteiger partial charge is 0.333 e. The van der Waals surface area contributed by atoms with Gasteiger partial charge in [0, 0.05) is 29.8 Å². The molecule has 2 atom stereocenters. The van der Waals surface area contributed by atoms with Gasteiger partial charge in [0.15, 0.2) is 0 Å². The normalized spacial score (nSPS) is 21.2. The summed E-state index contributed by atoms with van der Waals surface area (Å²) in [6.45, 7) is 0. The molecule has 0 bridgehead atoms. The van der Waals surface area contributed by atoms with Gasteiger partial charge in [-0.15, -0.1) is 24.2 Å². The number of carbonyl (C=O) groups excluding carboxylic acids is 1. The van der Waals surface area contributed by atoms with Crippen molar-refractivity contribution >= 4 is 41.0 Å². The highest BCUT2D eigenvalue weighted by Crippen LogP contribution is 2.49. The van der Waals surface area contributed by atoms with Crippen LogP contribution in [0.15, 0.2) is 42.9 Å². The average molecular weight is 301 g/mol. The molecule has 1 aliphatic heterocycles. The Balaban J connectivity index is 0.00000120. The molecule has 3 heterocycles. The lowest BCUT2D eigenvalue weighted by Crippen LogP contribution is -2.01. The Labute approximate surface area is 120 Å². The summed E-state index contributed by atoms with van der Waals surface area (Å²) >= 11 is 7.18. The number of carbonyl (C=O) groups is 1. The van der Waals surface area contributed by atoms with E-state index in [1.807, 2.05) is 36.7 Å². The Morgan fingerprint density at radius 2 is 2.22 bits per heavy atom. The second-order valence-corrected chi connectivity index (χ2v) is 5.36. The molecule has 2 aromatic rings. The lowest BCUT2D eigenvalue weighted by atomic mass is 10.2. The third-order valence-corrected chi connectivity index (χ3v) is 4.61. The Kier molecular flexibility index (Phi) is 4.00. The van der Waals surface area contributed by atoms with E-state index in [1.54, 1.807) is 18.0 Å². The van der Waals surface area contributed by atoms with Gasteiger partial charge in [-0.25, -0.2) is 0 Å². The molecule has 0 radical (unpaired) electrons. The maximum absolute atomic E-state index is 11.4. The van der Waals surface area contributed by atoms with E-state index in [1.165, 1.54) is 0 Å². The number of aromatic nitrogens is 2. The minimum Gasteiger partial charge on any atom is -0.333 e. The zero-order valence-electron chi connectivity index (χ0n) is 9.19. The van der Waals surface area contributed by atoms with Crippen LogP contribution in [0.1, 0.15) is 21.9 Å². The Bertz CT molecular complexity index is 558. The van der Waals surface area contributed by atoms with Crippen molar-refractivity contribution in [2.45, 2.75) is 10.6 Å². The lowest BCUT2D eigenvalue weighted by Gasteiger charge is -2.12. The van der Waals surface area contributed by atoms with Gasteiger partial charge in [0.2, 0.25) is 5.24 Å². The number of thioether (sulfide) groups is 1. The summed E-state index contributed by atoms with van der Waals surface area (Å²) in [5.74, 6) is 0. The lowest BCUT2D eigenvalue weighted by molar-refractivity contribution is -0.111. The van der Waals surface area contributed by atoms with Crippen LogP contribution in [-0.4, -0.2) is 14.8 Å². The van der Waals surface area contributed by atoms with Crippen LogP contribution in [-0.2, 0) is 4.79 Å². The predicted octanol–water partition coefficient (Wildman–Crippen LogP) is 3.41. The van der Waals surface area contributed by atoms with Gasteiger partial charge in [-0.1, -0.05) is 6.07 Å². The molecular formula is C12H10Cl2N2OS. The molecule has 0 aromatic carbocycles. The predicted molar refractivity (Wildman–Crippen MR) is 75.2 cm³/mol. The van der Waals surface area contributed by atoms with Crippen molar-refractivity contribution in [3.05, 3.63) is 54.1 Å². The standard InChI is InChI=1S/C12H9ClN2OS.ClH/c13-11(16)10-9-4-2-6-15(9)12(17-10)8-3-1-5-14-7-8;/h1-7,10,12H;1H. The number of pyridine rings is 1. The quantitative estimate of drug-likeness (QED) is 0.797. The summed E-state index contributed by atoms with van der Waals surface area (Å²) in [5.41, 5.74) is 2.04. The summed E-state index contributed by atoms with van der Waals surface area (Å²) < 4.78 is 2.08. The molecule has 18 heavy (non-hydrogen) atoms. The highest BCUT2D eigenvalue weighted by Gasteiger charge is 2.35. The molecule has 2 unspecified atom stereocenters. The summed E-state index contributed by atoms with van der Waals surface area (Å²) in [4.78, 5) is 15.5. The fraction of sp³-hybridized carbons (Fsp3) is 0.167. The first-order valence-electron chi connectivity index (χ1n) is 5.19. The van der Waals surface area contributed by atoms with Gasteiger partial charge < -0.3 is 4.57 Å². The van der Waals surface area contributed by atoms with Gasteiger partial charge in [0.05, 0.1) is 0 Å². The first-order valence-corrected chi connectivity index (χ1v) is 6.51. The van der Waals surface area contributed by atoms with Crippen molar-refractivity contribution in [3.8, 4) is 0 Å². The maximum Gasteiger partial charge on any atom is 0.240 e. The molecule has 0 fully saturated rings. The van der Waals surface area contributed by atoms with Crippen molar-refractivity contribution in [2.24, 2.45) is 0 Å². The van der Waals surface area contributed by atoms with Gasteiger partial charge in [-0.3, -0.25) is 9.78 Å². The molecule has 0 saturated carbocycles. The van der Waals surface area contributed by atoms with Crippen LogP contribution in [0.5, 0.6) is 0 Å². The van der Waals surface area contributed by atoms with Crippen molar-refractivity contribution in [1.29, 1.82) is 0 Å². The number of hydrogen-bond donors (Lipinski definition) is 0. The summed E-state index contributed by atoms with van der Waals surface area (Å²) in [7, 11) is 0. The smallest absolute Gasteiger partial charge is 0.240 e. The van der Waals surface area contributed by atoms with Crippen molar-refractivity contribution in [1.82, 2.24) is 9.55 Å². The highest BCUT2D eigenvalue weighted by molar-refractivity contribution is 8.00. The Morgan fingerprint density at radius 1 is 1.39 bits per heavy atom. The topological polar surface area (TPSA) is 34.9 Å². The molecule has 3 rings (SSSR count). The van der Waals surface area contributed by atoms with Crippen LogP contribution in [0, 0.1) is 0 Å². The molecule has 0 saturated heterocycles. The van der Waals surface area contributed by atoms with Crippen molar-refractivity contribution in [2.75, 3.05) is 0 Å². The Hall–Kier alpha value is -0.970. The van der Waals surface area contributed by atoms with Gasteiger partial charge in [-0.05, 0) is 29.8 Å². The van der Waals surface area contributed by atoms with Crippen LogP contribution in [0.2, 0.25) is 0 Å². The minimum absolute atomic E-state index is 0. The van der Waals surface area contributed by atoms with Crippen LogP contribution in [0.25, 0.3) is 0 Å². The van der Waals surface area contributed by atoms with Crippen LogP contribution >= 0.6 is 35.8 Å². The van der Waals surface area contributed by atoms with Crippen LogP contribution in [0.3, 0.4) is 0 Å². The summed E-state index contributed by atoms with van der Waals surface area (Å²) in [6.07, 6.45) is 5.53. The zero-order valence-corrected chi connectivity index (χ0v) is 11.6.